The van der Waals surface area contributed by atoms with Crippen LogP contribution in [0.4, 0.5) is 0 Å². The Morgan fingerprint density at radius 3 is 2.58 bits per heavy atom. The molecule has 0 aliphatic carbocycles. The Bertz CT molecular complexity index is 488. The molecule has 0 fully saturated rings. The second-order valence-corrected chi connectivity index (χ2v) is 6.46. The van der Waals surface area contributed by atoms with E-state index in [-0.39, 0.29) is 5.41 Å². The van der Waals surface area contributed by atoms with Gasteiger partial charge in [-0.05, 0) is 36.9 Å². The van der Waals surface area contributed by atoms with Gasteiger partial charge in [0.1, 0.15) is 11.3 Å². The number of furan rings is 1. The van der Waals surface area contributed by atoms with Gasteiger partial charge in [-0.3, -0.25) is 0 Å². The van der Waals surface area contributed by atoms with E-state index >= 15 is 0 Å². The molecule has 0 saturated carbocycles. The van der Waals surface area contributed by atoms with Gasteiger partial charge in [0, 0.05) is 5.39 Å². The average molecular weight is 259 g/mol. The standard InChI is InChI=1S/C17H25NO/c1-5-10-18-14(12-17(2,3)4)16-11-13-8-6-7-9-15(13)19-16/h6-9,11,14,18H,5,10,12H2,1-4H3. The van der Waals surface area contributed by atoms with Crippen molar-refractivity contribution in [1.82, 2.24) is 5.32 Å². The van der Waals surface area contributed by atoms with Crippen LogP contribution >= 0.6 is 0 Å². The lowest BCUT2D eigenvalue weighted by Crippen LogP contribution is -2.26. The van der Waals surface area contributed by atoms with Gasteiger partial charge >= 0.3 is 0 Å². The van der Waals surface area contributed by atoms with Crippen LogP contribution in [-0.2, 0) is 0 Å². The van der Waals surface area contributed by atoms with Crippen LogP contribution in [-0.4, -0.2) is 6.54 Å². The van der Waals surface area contributed by atoms with Gasteiger partial charge in [-0.15, -0.1) is 0 Å². The summed E-state index contributed by atoms with van der Waals surface area (Å²) in [5, 5.41) is 4.80. The highest BCUT2D eigenvalue weighted by molar-refractivity contribution is 5.77. The van der Waals surface area contributed by atoms with E-state index in [0.29, 0.717) is 6.04 Å². The molecule has 2 aromatic rings. The second kappa shape index (κ2) is 5.79. The van der Waals surface area contributed by atoms with Crippen molar-refractivity contribution in [2.24, 2.45) is 5.41 Å². The average Bonchev–Trinajstić information content (AvgIpc) is 2.76. The maximum Gasteiger partial charge on any atom is 0.134 e. The molecule has 1 aromatic carbocycles. The molecule has 2 heteroatoms. The molecule has 0 saturated heterocycles. The van der Waals surface area contributed by atoms with E-state index in [9.17, 15) is 0 Å². The molecule has 19 heavy (non-hydrogen) atoms. The van der Waals surface area contributed by atoms with Crippen molar-refractivity contribution in [2.45, 2.75) is 46.6 Å². The molecule has 1 unspecified atom stereocenters. The number of benzene rings is 1. The second-order valence-electron chi connectivity index (χ2n) is 6.46. The van der Waals surface area contributed by atoms with Crippen LogP contribution in [0.25, 0.3) is 11.0 Å². The molecule has 1 aromatic heterocycles. The molecule has 1 heterocycles. The van der Waals surface area contributed by atoms with Crippen LogP contribution in [0.5, 0.6) is 0 Å². The highest BCUT2D eigenvalue weighted by Crippen LogP contribution is 2.32. The minimum atomic E-state index is 0.282. The number of fused-ring (bicyclic) bond motifs is 1. The zero-order valence-corrected chi connectivity index (χ0v) is 12.5. The van der Waals surface area contributed by atoms with Gasteiger partial charge in [0.25, 0.3) is 0 Å². The molecule has 1 atom stereocenters. The highest BCUT2D eigenvalue weighted by Gasteiger charge is 2.22. The first-order valence-electron chi connectivity index (χ1n) is 7.21. The van der Waals surface area contributed by atoms with E-state index < -0.39 is 0 Å². The third-order valence-corrected chi connectivity index (χ3v) is 3.25. The quantitative estimate of drug-likeness (QED) is 0.825. The molecule has 0 amide bonds. The molecule has 0 radical (unpaired) electrons. The summed E-state index contributed by atoms with van der Waals surface area (Å²) >= 11 is 0. The van der Waals surface area contributed by atoms with Crippen molar-refractivity contribution < 1.29 is 4.42 Å². The molecule has 0 aliphatic rings. The molecular weight excluding hydrogens is 234 g/mol. The maximum atomic E-state index is 6.01. The van der Waals surface area contributed by atoms with Crippen LogP contribution in [0.3, 0.4) is 0 Å². The molecule has 1 N–H and O–H groups in total. The van der Waals surface area contributed by atoms with E-state index in [1.165, 1.54) is 5.39 Å². The summed E-state index contributed by atoms with van der Waals surface area (Å²) in [6, 6.07) is 10.7. The Kier molecular flexibility index (Phi) is 4.31. The molecule has 0 spiro atoms. The van der Waals surface area contributed by atoms with Crippen LogP contribution in [0.2, 0.25) is 0 Å². The largest absolute Gasteiger partial charge is 0.459 e. The summed E-state index contributed by atoms with van der Waals surface area (Å²) in [4.78, 5) is 0. The first-order chi connectivity index (χ1) is 8.99. The van der Waals surface area contributed by atoms with Crippen LogP contribution < -0.4 is 5.32 Å². The summed E-state index contributed by atoms with van der Waals surface area (Å²) in [5.41, 5.74) is 1.26. The maximum absolute atomic E-state index is 6.01. The Labute approximate surface area is 116 Å². The lowest BCUT2D eigenvalue weighted by Gasteiger charge is -2.25. The van der Waals surface area contributed by atoms with Gasteiger partial charge in [0.2, 0.25) is 0 Å². The molecule has 2 nitrogen and oxygen atoms in total. The Morgan fingerprint density at radius 2 is 1.95 bits per heavy atom. The predicted molar refractivity (Wildman–Crippen MR) is 81.3 cm³/mol. The minimum Gasteiger partial charge on any atom is -0.459 e. The number of rotatable bonds is 5. The third-order valence-electron chi connectivity index (χ3n) is 3.25. The number of nitrogens with one attached hydrogen (secondary N) is 1. The summed E-state index contributed by atoms with van der Waals surface area (Å²) < 4.78 is 6.01. The SMILES string of the molecule is CCCNC(CC(C)(C)C)c1cc2ccccc2o1. The molecular formula is C17H25NO. The fraction of sp³-hybridized carbons (Fsp3) is 0.529. The topological polar surface area (TPSA) is 25.2 Å². The predicted octanol–water partition coefficient (Wildman–Crippen LogP) is 4.91. The normalized spacial score (nSPS) is 13.9. The van der Waals surface area contributed by atoms with Gasteiger partial charge in [-0.1, -0.05) is 45.9 Å². The Hall–Kier alpha value is -1.28. The molecule has 2 rings (SSSR count). The first-order valence-corrected chi connectivity index (χ1v) is 7.21. The van der Waals surface area contributed by atoms with E-state index in [0.717, 1.165) is 30.7 Å². The molecule has 0 bridgehead atoms. The summed E-state index contributed by atoms with van der Waals surface area (Å²) in [7, 11) is 0. The first kappa shape index (κ1) is 14.1. The van der Waals surface area contributed by atoms with Crippen LogP contribution in [0.15, 0.2) is 34.7 Å². The highest BCUT2D eigenvalue weighted by atomic mass is 16.3. The fourth-order valence-corrected chi connectivity index (χ4v) is 2.38. The third kappa shape index (κ3) is 3.84. The van der Waals surface area contributed by atoms with Crippen molar-refractivity contribution in [1.29, 1.82) is 0 Å². The summed E-state index contributed by atoms with van der Waals surface area (Å²) in [5.74, 6) is 1.06. The van der Waals surface area contributed by atoms with Crippen molar-refractivity contribution in [2.75, 3.05) is 6.54 Å². The van der Waals surface area contributed by atoms with E-state index in [1.54, 1.807) is 0 Å². The Morgan fingerprint density at radius 1 is 1.21 bits per heavy atom. The van der Waals surface area contributed by atoms with E-state index in [2.05, 4.69) is 51.2 Å². The van der Waals surface area contributed by atoms with Crippen molar-refractivity contribution in [3.05, 3.63) is 36.1 Å². The zero-order chi connectivity index (χ0) is 13.9. The monoisotopic (exact) mass is 259 g/mol. The van der Waals surface area contributed by atoms with Crippen LogP contribution in [0.1, 0.15) is 52.3 Å². The molecule has 104 valence electrons. The summed E-state index contributed by atoms with van der Waals surface area (Å²) in [6.45, 7) is 10.0. The van der Waals surface area contributed by atoms with Gasteiger partial charge in [0.15, 0.2) is 0 Å². The zero-order valence-electron chi connectivity index (χ0n) is 12.5. The van der Waals surface area contributed by atoms with Crippen molar-refractivity contribution in [3.8, 4) is 0 Å². The number of para-hydroxylation sites is 1. The Balaban J connectivity index is 2.25. The van der Waals surface area contributed by atoms with E-state index in [4.69, 9.17) is 4.42 Å². The van der Waals surface area contributed by atoms with Crippen molar-refractivity contribution in [3.63, 3.8) is 0 Å². The van der Waals surface area contributed by atoms with Gasteiger partial charge < -0.3 is 9.73 Å². The number of hydrogen-bond donors (Lipinski definition) is 1. The van der Waals surface area contributed by atoms with Crippen LogP contribution in [0, 0.1) is 5.41 Å². The lowest BCUT2D eigenvalue weighted by molar-refractivity contribution is 0.287. The number of hydrogen-bond acceptors (Lipinski definition) is 2. The minimum absolute atomic E-state index is 0.282. The fourth-order valence-electron chi connectivity index (χ4n) is 2.38. The van der Waals surface area contributed by atoms with Gasteiger partial charge in [0.05, 0.1) is 6.04 Å². The van der Waals surface area contributed by atoms with Gasteiger partial charge in [-0.2, -0.15) is 0 Å². The molecule has 0 aliphatic heterocycles. The van der Waals surface area contributed by atoms with Gasteiger partial charge in [-0.25, -0.2) is 0 Å². The lowest BCUT2D eigenvalue weighted by atomic mass is 9.87. The smallest absolute Gasteiger partial charge is 0.134 e. The van der Waals surface area contributed by atoms with Crippen molar-refractivity contribution >= 4 is 11.0 Å². The van der Waals surface area contributed by atoms with E-state index in [1.807, 2.05) is 12.1 Å². The summed E-state index contributed by atoms with van der Waals surface area (Å²) in [6.07, 6.45) is 2.22.